The maximum Gasteiger partial charge on any atom is 0.326 e. The summed E-state index contributed by atoms with van der Waals surface area (Å²) < 4.78 is 0. The molecule has 3 N–H and O–H groups in total. The van der Waals surface area contributed by atoms with Gasteiger partial charge in [-0.25, -0.2) is 9.59 Å². The third kappa shape index (κ3) is 4.97. The summed E-state index contributed by atoms with van der Waals surface area (Å²) in [4.78, 5) is 24.1. The normalized spacial score (nSPS) is 11.7. The van der Waals surface area contributed by atoms with Gasteiger partial charge >= 0.3 is 12.0 Å². The fourth-order valence-electron chi connectivity index (χ4n) is 1.56. The number of rotatable bonds is 6. The molecule has 0 spiro atoms. The van der Waals surface area contributed by atoms with E-state index in [-0.39, 0.29) is 19.6 Å². The molecule has 0 heterocycles. The van der Waals surface area contributed by atoms with Crippen LogP contribution in [0.4, 0.5) is 4.79 Å². The van der Waals surface area contributed by atoms with E-state index in [0.29, 0.717) is 0 Å². The van der Waals surface area contributed by atoms with E-state index in [1.807, 2.05) is 18.2 Å². The number of hydrogen-bond acceptors (Lipinski definition) is 3. The van der Waals surface area contributed by atoms with Gasteiger partial charge in [0.1, 0.15) is 6.04 Å². The van der Waals surface area contributed by atoms with Gasteiger partial charge in [0.15, 0.2) is 0 Å². The maximum atomic E-state index is 11.7. The fraction of sp³-hybridized carbons (Fsp3) is 0.385. The molecule has 2 amide bonds. The number of aliphatic carboxylic acids is 1. The summed E-state index contributed by atoms with van der Waals surface area (Å²) in [6, 6.07) is 7.57. The Hall–Kier alpha value is -2.08. The zero-order chi connectivity index (χ0) is 14.3. The molecule has 19 heavy (non-hydrogen) atoms. The lowest BCUT2D eigenvalue weighted by atomic mass is 10.1. The minimum atomic E-state index is -1.09. The standard InChI is InChI=1S/C13H18N2O4/c1-15(7-8-16)13(19)14-11(12(17)18)9-10-5-3-2-4-6-10/h2-6,11,16H,7-9H2,1H3,(H,14,19)(H,17,18). The zero-order valence-electron chi connectivity index (χ0n) is 10.7. The van der Waals surface area contributed by atoms with Crippen LogP contribution in [-0.2, 0) is 11.2 Å². The number of aliphatic hydroxyl groups excluding tert-OH is 1. The maximum absolute atomic E-state index is 11.7. The third-order valence-corrected chi connectivity index (χ3v) is 2.66. The number of nitrogens with one attached hydrogen (secondary N) is 1. The quantitative estimate of drug-likeness (QED) is 0.691. The lowest BCUT2D eigenvalue weighted by Gasteiger charge is -2.20. The topological polar surface area (TPSA) is 89.9 Å². The first-order valence-electron chi connectivity index (χ1n) is 5.93. The van der Waals surface area contributed by atoms with Gasteiger partial charge in [-0.15, -0.1) is 0 Å². The Balaban J connectivity index is 2.64. The van der Waals surface area contributed by atoms with Crippen LogP contribution in [0, 0.1) is 0 Å². The number of carboxylic acid groups (broad SMARTS) is 1. The van der Waals surface area contributed by atoms with Crippen molar-refractivity contribution < 1.29 is 19.8 Å². The zero-order valence-corrected chi connectivity index (χ0v) is 10.7. The molecule has 6 heteroatoms. The summed E-state index contributed by atoms with van der Waals surface area (Å²) in [5.74, 6) is -1.09. The first-order chi connectivity index (χ1) is 9.04. The lowest BCUT2D eigenvalue weighted by Crippen LogP contribution is -2.48. The molecule has 0 aliphatic rings. The lowest BCUT2D eigenvalue weighted by molar-refractivity contribution is -0.139. The highest BCUT2D eigenvalue weighted by Gasteiger charge is 2.21. The first kappa shape index (κ1) is 15.0. The second-order valence-electron chi connectivity index (χ2n) is 4.18. The summed E-state index contributed by atoms with van der Waals surface area (Å²) >= 11 is 0. The molecule has 1 rings (SSSR count). The first-order valence-corrected chi connectivity index (χ1v) is 5.93. The SMILES string of the molecule is CN(CCO)C(=O)NC(Cc1ccccc1)C(=O)O. The number of carbonyl (C=O) groups excluding carboxylic acids is 1. The van der Waals surface area contributed by atoms with E-state index in [1.54, 1.807) is 12.1 Å². The number of hydrogen-bond donors (Lipinski definition) is 3. The van der Waals surface area contributed by atoms with Crippen molar-refractivity contribution >= 4 is 12.0 Å². The Labute approximate surface area is 111 Å². The Morgan fingerprint density at radius 1 is 1.32 bits per heavy atom. The van der Waals surface area contributed by atoms with Crippen LogP contribution >= 0.6 is 0 Å². The summed E-state index contributed by atoms with van der Waals surface area (Å²) in [5.41, 5.74) is 0.833. The molecule has 1 unspecified atom stereocenters. The number of aliphatic hydroxyl groups is 1. The molecule has 1 aromatic rings. The Morgan fingerprint density at radius 3 is 2.47 bits per heavy atom. The fourth-order valence-corrected chi connectivity index (χ4v) is 1.56. The Kier molecular flexibility index (Phi) is 5.81. The minimum Gasteiger partial charge on any atom is -0.480 e. The second-order valence-corrected chi connectivity index (χ2v) is 4.18. The van der Waals surface area contributed by atoms with Crippen molar-refractivity contribution in [3.05, 3.63) is 35.9 Å². The van der Waals surface area contributed by atoms with E-state index < -0.39 is 18.0 Å². The molecule has 0 aromatic heterocycles. The van der Waals surface area contributed by atoms with E-state index in [2.05, 4.69) is 5.32 Å². The summed E-state index contributed by atoms with van der Waals surface area (Å²) in [5, 5.41) is 20.3. The summed E-state index contributed by atoms with van der Waals surface area (Å²) in [6.07, 6.45) is 0.217. The molecule has 0 saturated carbocycles. The molecule has 1 atom stereocenters. The van der Waals surface area contributed by atoms with Crippen molar-refractivity contribution in [3.8, 4) is 0 Å². The van der Waals surface area contributed by atoms with Gasteiger partial charge in [-0.05, 0) is 5.56 Å². The van der Waals surface area contributed by atoms with Crippen LogP contribution < -0.4 is 5.32 Å². The molecule has 6 nitrogen and oxygen atoms in total. The van der Waals surface area contributed by atoms with Gasteiger partial charge < -0.3 is 20.4 Å². The molecular formula is C13H18N2O4. The predicted molar refractivity (Wildman–Crippen MR) is 69.8 cm³/mol. The van der Waals surface area contributed by atoms with Gasteiger partial charge in [0.25, 0.3) is 0 Å². The number of benzene rings is 1. The highest BCUT2D eigenvalue weighted by molar-refractivity contribution is 5.82. The van der Waals surface area contributed by atoms with E-state index in [1.165, 1.54) is 11.9 Å². The number of urea groups is 1. The average Bonchev–Trinajstić information content (AvgIpc) is 2.39. The van der Waals surface area contributed by atoms with E-state index >= 15 is 0 Å². The van der Waals surface area contributed by atoms with Crippen LogP contribution in [0.3, 0.4) is 0 Å². The number of carboxylic acids is 1. The predicted octanol–water partition coefficient (Wildman–Crippen LogP) is 0.316. The molecular weight excluding hydrogens is 248 g/mol. The van der Waals surface area contributed by atoms with Crippen LogP contribution in [0.2, 0.25) is 0 Å². The van der Waals surface area contributed by atoms with Gasteiger partial charge in [0.2, 0.25) is 0 Å². The van der Waals surface area contributed by atoms with Crippen molar-refractivity contribution in [3.63, 3.8) is 0 Å². The van der Waals surface area contributed by atoms with Crippen molar-refractivity contribution in [1.82, 2.24) is 10.2 Å². The Morgan fingerprint density at radius 2 is 1.95 bits per heavy atom. The molecule has 0 bridgehead atoms. The van der Waals surface area contributed by atoms with Crippen LogP contribution in [0.1, 0.15) is 5.56 Å². The molecule has 0 saturated heterocycles. The highest BCUT2D eigenvalue weighted by atomic mass is 16.4. The van der Waals surface area contributed by atoms with Gasteiger partial charge in [-0.3, -0.25) is 0 Å². The monoisotopic (exact) mass is 266 g/mol. The minimum absolute atomic E-state index is 0.156. The van der Waals surface area contributed by atoms with Crippen molar-refractivity contribution in [1.29, 1.82) is 0 Å². The van der Waals surface area contributed by atoms with Crippen molar-refractivity contribution in [2.24, 2.45) is 0 Å². The number of nitrogens with zero attached hydrogens (tertiary/aromatic N) is 1. The largest absolute Gasteiger partial charge is 0.480 e. The number of likely N-dealkylation sites (N-methyl/N-ethyl adjacent to an activating group) is 1. The molecule has 0 aliphatic heterocycles. The van der Waals surface area contributed by atoms with Crippen LogP contribution in [0.25, 0.3) is 0 Å². The van der Waals surface area contributed by atoms with Gasteiger partial charge in [0.05, 0.1) is 6.61 Å². The Bertz CT molecular complexity index is 422. The molecule has 0 fully saturated rings. The van der Waals surface area contributed by atoms with Gasteiger partial charge in [-0.2, -0.15) is 0 Å². The van der Waals surface area contributed by atoms with Crippen molar-refractivity contribution in [2.75, 3.05) is 20.2 Å². The van der Waals surface area contributed by atoms with Crippen LogP contribution in [0.5, 0.6) is 0 Å². The van der Waals surface area contributed by atoms with E-state index in [9.17, 15) is 9.59 Å². The third-order valence-electron chi connectivity index (χ3n) is 2.66. The highest BCUT2D eigenvalue weighted by Crippen LogP contribution is 2.04. The molecule has 104 valence electrons. The van der Waals surface area contributed by atoms with Crippen molar-refractivity contribution in [2.45, 2.75) is 12.5 Å². The number of amides is 2. The molecule has 0 aliphatic carbocycles. The smallest absolute Gasteiger partial charge is 0.326 e. The average molecular weight is 266 g/mol. The van der Waals surface area contributed by atoms with Gasteiger partial charge in [0, 0.05) is 20.0 Å². The summed E-state index contributed by atoms with van der Waals surface area (Å²) in [7, 11) is 1.49. The summed E-state index contributed by atoms with van der Waals surface area (Å²) in [6.45, 7) is -0.0101. The van der Waals surface area contributed by atoms with E-state index in [0.717, 1.165) is 5.56 Å². The van der Waals surface area contributed by atoms with Crippen LogP contribution in [-0.4, -0.2) is 53.4 Å². The number of carbonyl (C=O) groups is 2. The van der Waals surface area contributed by atoms with Gasteiger partial charge in [-0.1, -0.05) is 30.3 Å². The molecule has 1 aromatic carbocycles. The van der Waals surface area contributed by atoms with Crippen LogP contribution in [0.15, 0.2) is 30.3 Å². The van der Waals surface area contributed by atoms with E-state index in [4.69, 9.17) is 10.2 Å². The molecule has 0 radical (unpaired) electrons. The second kappa shape index (κ2) is 7.38.